The van der Waals surface area contributed by atoms with Gasteiger partial charge in [-0.05, 0) is 24.8 Å². The summed E-state index contributed by atoms with van der Waals surface area (Å²) >= 11 is 0. The molecule has 0 aliphatic heterocycles. The Bertz CT molecular complexity index is 428. The maximum absolute atomic E-state index is 12.0. The number of benzene rings is 1. The predicted molar refractivity (Wildman–Crippen MR) is 76.1 cm³/mol. The third-order valence-electron chi connectivity index (χ3n) is 3.01. The lowest BCUT2D eigenvalue weighted by molar-refractivity contribution is 0.458. The molecule has 0 unspecified atom stereocenters. The summed E-state index contributed by atoms with van der Waals surface area (Å²) in [6, 6.07) is 10.0. The minimum Gasteiger partial charge on any atom is -0.212 e. The van der Waals surface area contributed by atoms with Gasteiger partial charge in [-0.2, -0.15) is 0 Å². The summed E-state index contributed by atoms with van der Waals surface area (Å²) in [4.78, 5) is 0. The topological polar surface area (TPSA) is 37.4 Å². The van der Waals surface area contributed by atoms with Gasteiger partial charge in [-0.15, -0.1) is 0 Å². The largest absolute Gasteiger partial charge is 0.213 e. The van der Waals surface area contributed by atoms with Crippen LogP contribution in [0.25, 0.3) is 0 Å². The molecule has 0 N–H and O–H groups in total. The molecule has 18 heavy (non-hydrogen) atoms. The average Bonchev–Trinajstić information content (AvgIpc) is 2.37. The van der Waals surface area contributed by atoms with E-state index in [0.717, 1.165) is 19.3 Å². The third kappa shape index (κ3) is 5.19. The molecule has 0 fully saturated rings. The fourth-order valence-electron chi connectivity index (χ4n) is 1.78. The summed E-state index contributed by atoms with van der Waals surface area (Å²) in [7, 11) is -1.40. The van der Waals surface area contributed by atoms with Gasteiger partial charge in [0, 0.05) is 13.6 Å². The van der Waals surface area contributed by atoms with Crippen molar-refractivity contribution in [3.63, 3.8) is 0 Å². The van der Waals surface area contributed by atoms with Gasteiger partial charge in [-0.1, -0.05) is 43.7 Å². The zero-order chi connectivity index (χ0) is 13.4. The highest BCUT2D eigenvalue weighted by Crippen LogP contribution is 2.07. The second-order valence-corrected chi connectivity index (χ2v) is 6.78. The molecule has 4 heteroatoms. The van der Waals surface area contributed by atoms with Gasteiger partial charge in [0.2, 0.25) is 10.0 Å². The number of hydrogen-bond donors (Lipinski definition) is 0. The van der Waals surface area contributed by atoms with Gasteiger partial charge in [-0.3, -0.25) is 0 Å². The summed E-state index contributed by atoms with van der Waals surface area (Å²) in [6.07, 6.45) is 3.45. The molecule has 0 saturated carbocycles. The van der Waals surface area contributed by atoms with E-state index in [1.165, 1.54) is 9.87 Å². The van der Waals surface area contributed by atoms with E-state index in [1.807, 2.05) is 30.3 Å². The minimum absolute atomic E-state index is 0.238. The van der Waals surface area contributed by atoms with Crippen molar-refractivity contribution in [3.8, 4) is 0 Å². The predicted octanol–water partition coefficient (Wildman–Crippen LogP) is 2.68. The Hall–Kier alpha value is -0.870. The number of nitrogens with zero attached hydrogens (tertiary/aromatic N) is 1. The lowest BCUT2D eigenvalue weighted by Crippen LogP contribution is -2.30. The standard InChI is InChI=1S/C14H23NO2S/c1-3-4-12-15(2)18(16,17)13-8-11-14-9-6-5-7-10-14/h5-7,9-10H,3-4,8,11-13H2,1-2H3. The molecule has 1 aromatic rings. The van der Waals surface area contributed by atoms with Crippen LogP contribution in [0.3, 0.4) is 0 Å². The maximum atomic E-state index is 12.0. The van der Waals surface area contributed by atoms with Crippen molar-refractivity contribution >= 4 is 10.0 Å². The fraction of sp³-hybridized carbons (Fsp3) is 0.571. The SMILES string of the molecule is CCCCN(C)S(=O)(=O)CCCc1ccccc1. The Morgan fingerprint density at radius 2 is 1.78 bits per heavy atom. The minimum atomic E-state index is -3.07. The van der Waals surface area contributed by atoms with E-state index in [9.17, 15) is 8.42 Å². The molecule has 0 atom stereocenters. The highest BCUT2D eigenvalue weighted by Gasteiger charge is 2.16. The Labute approximate surface area is 111 Å². The first-order valence-corrected chi connectivity index (χ1v) is 8.15. The number of aryl methyl sites for hydroxylation is 1. The van der Waals surface area contributed by atoms with Gasteiger partial charge in [0.05, 0.1) is 5.75 Å². The molecule has 0 bridgehead atoms. The van der Waals surface area contributed by atoms with Crippen LogP contribution in [-0.2, 0) is 16.4 Å². The summed E-state index contributed by atoms with van der Waals surface area (Å²) in [5.41, 5.74) is 1.20. The normalized spacial score (nSPS) is 11.9. The zero-order valence-electron chi connectivity index (χ0n) is 11.3. The van der Waals surface area contributed by atoms with Crippen LogP contribution < -0.4 is 0 Å². The number of unbranched alkanes of at least 4 members (excludes halogenated alkanes) is 1. The summed E-state index contributed by atoms with van der Waals surface area (Å²) in [5, 5.41) is 0. The second kappa shape index (κ2) is 7.54. The summed E-state index contributed by atoms with van der Waals surface area (Å²) in [6.45, 7) is 2.69. The molecule has 0 saturated heterocycles. The highest BCUT2D eigenvalue weighted by atomic mass is 32.2. The molecule has 3 nitrogen and oxygen atoms in total. The van der Waals surface area contributed by atoms with Crippen LogP contribution in [0.5, 0.6) is 0 Å². The van der Waals surface area contributed by atoms with E-state index < -0.39 is 10.0 Å². The molecule has 0 heterocycles. The monoisotopic (exact) mass is 269 g/mol. The van der Waals surface area contributed by atoms with Crippen molar-refractivity contribution in [2.75, 3.05) is 19.3 Å². The Balaban J connectivity index is 2.38. The van der Waals surface area contributed by atoms with E-state index in [1.54, 1.807) is 7.05 Å². The van der Waals surface area contributed by atoms with Crippen LogP contribution in [0.4, 0.5) is 0 Å². The van der Waals surface area contributed by atoms with Crippen LogP contribution in [0.2, 0.25) is 0 Å². The highest BCUT2D eigenvalue weighted by molar-refractivity contribution is 7.89. The van der Waals surface area contributed by atoms with Crippen LogP contribution in [0.1, 0.15) is 31.7 Å². The number of rotatable bonds is 8. The third-order valence-corrected chi connectivity index (χ3v) is 4.95. The maximum Gasteiger partial charge on any atom is 0.213 e. The van der Waals surface area contributed by atoms with Crippen molar-refractivity contribution in [2.45, 2.75) is 32.6 Å². The van der Waals surface area contributed by atoms with Gasteiger partial charge in [-0.25, -0.2) is 12.7 Å². The average molecular weight is 269 g/mol. The van der Waals surface area contributed by atoms with E-state index in [-0.39, 0.29) is 5.75 Å². The molecule has 1 rings (SSSR count). The number of hydrogen-bond acceptors (Lipinski definition) is 2. The Morgan fingerprint density at radius 3 is 2.39 bits per heavy atom. The van der Waals surface area contributed by atoms with Gasteiger partial charge in [0.1, 0.15) is 0 Å². The van der Waals surface area contributed by atoms with Crippen LogP contribution in [0.15, 0.2) is 30.3 Å². The lowest BCUT2D eigenvalue weighted by atomic mass is 10.1. The van der Waals surface area contributed by atoms with E-state index in [2.05, 4.69) is 6.92 Å². The molecule has 1 aromatic carbocycles. The van der Waals surface area contributed by atoms with E-state index in [4.69, 9.17) is 0 Å². The van der Waals surface area contributed by atoms with Crippen LogP contribution in [-0.4, -0.2) is 32.1 Å². The van der Waals surface area contributed by atoms with Crippen molar-refractivity contribution in [2.24, 2.45) is 0 Å². The number of sulfonamides is 1. The van der Waals surface area contributed by atoms with Gasteiger partial charge >= 0.3 is 0 Å². The van der Waals surface area contributed by atoms with Crippen molar-refractivity contribution < 1.29 is 8.42 Å². The molecule has 0 aliphatic carbocycles. The first kappa shape index (κ1) is 15.2. The van der Waals surface area contributed by atoms with Crippen LogP contribution in [0, 0.1) is 0 Å². The van der Waals surface area contributed by atoms with Gasteiger partial charge in [0.25, 0.3) is 0 Å². The van der Waals surface area contributed by atoms with Crippen LogP contribution >= 0.6 is 0 Å². The first-order chi connectivity index (χ1) is 8.56. The molecule has 102 valence electrons. The van der Waals surface area contributed by atoms with Gasteiger partial charge in [0.15, 0.2) is 0 Å². The second-order valence-electron chi connectivity index (χ2n) is 4.58. The summed E-state index contributed by atoms with van der Waals surface area (Å²) in [5.74, 6) is 0.238. The van der Waals surface area contributed by atoms with E-state index in [0.29, 0.717) is 13.0 Å². The van der Waals surface area contributed by atoms with Crippen molar-refractivity contribution in [1.82, 2.24) is 4.31 Å². The molecular weight excluding hydrogens is 246 g/mol. The zero-order valence-corrected chi connectivity index (χ0v) is 12.1. The molecule has 0 amide bonds. The molecule has 0 radical (unpaired) electrons. The Kier molecular flexibility index (Phi) is 6.36. The van der Waals surface area contributed by atoms with E-state index >= 15 is 0 Å². The van der Waals surface area contributed by atoms with Crippen molar-refractivity contribution in [3.05, 3.63) is 35.9 Å². The molecular formula is C14H23NO2S. The lowest BCUT2D eigenvalue weighted by Gasteiger charge is -2.16. The smallest absolute Gasteiger partial charge is 0.212 e. The van der Waals surface area contributed by atoms with Gasteiger partial charge < -0.3 is 0 Å². The Morgan fingerprint density at radius 1 is 1.11 bits per heavy atom. The molecule has 0 spiro atoms. The quantitative estimate of drug-likeness (QED) is 0.727. The first-order valence-electron chi connectivity index (χ1n) is 6.54. The fourth-order valence-corrected chi connectivity index (χ4v) is 3.01. The van der Waals surface area contributed by atoms with Crippen molar-refractivity contribution in [1.29, 1.82) is 0 Å². The molecule has 0 aromatic heterocycles. The summed E-state index contributed by atoms with van der Waals surface area (Å²) < 4.78 is 25.4. The molecule has 0 aliphatic rings.